The molecule has 1 amide bonds. The summed E-state index contributed by atoms with van der Waals surface area (Å²) < 4.78 is 27.0. The SMILES string of the molecule is CC[C@H](C)[C@H](NC(=O)c1ccc(S(=O)(=O)N2CCCCCC2)cc1)C(=O)O. The van der Waals surface area contributed by atoms with Crippen LogP contribution in [0.4, 0.5) is 0 Å². The molecule has 1 aliphatic heterocycles. The van der Waals surface area contributed by atoms with E-state index < -0.39 is 27.9 Å². The molecule has 1 saturated heterocycles. The van der Waals surface area contributed by atoms with Gasteiger partial charge in [0.15, 0.2) is 0 Å². The van der Waals surface area contributed by atoms with E-state index in [9.17, 15) is 23.1 Å². The Bertz CT molecular complexity index is 753. The van der Waals surface area contributed by atoms with Crippen molar-refractivity contribution in [3.05, 3.63) is 29.8 Å². The average Bonchev–Trinajstić information content (AvgIpc) is 2.95. The molecule has 2 atom stereocenters. The van der Waals surface area contributed by atoms with Gasteiger partial charge in [-0.1, -0.05) is 33.1 Å². The Morgan fingerprint density at radius 2 is 1.67 bits per heavy atom. The van der Waals surface area contributed by atoms with Crippen LogP contribution in [0.5, 0.6) is 0 Å². The first-order valence-corrected chi connectivity index (χ1v) is 10.8. The van der Waals surface area contributed by atoms with Crippen LogP contribution in [-0.2, 0) is 14.8 Å². The van der Waals surface area contributed by atoms with E-state index in [-0.39, 0.29) is 16.4 Å². The number of hydrogen-bond donors (Lipinski definition) is 2. The van der Waals surface area contributed by atoms with E-state index in [1.807, 2.05) is 6.92 Å². The van der Waals surface area contributed by atoms with Crippen molar-refractivity contribution in [1.29, 1.82) is 0 Å². The van der Waals surface area contributed by atoms with Crippen LogP contribution in [0.3, 0.4) is 0 Å². The quantitative estimate of drug-likeness (QED) is 0.737. The molecule has 1 heterocycles. The highest BCUT2D eigenvalue weighted by Crippen LogP contribution is 2.21. The Kier molecular flexibility index (Phi) is 7.38. The Morgan fingerprint density at radius 3 is 2.15 bits per heavy atom. The maximum absolute atomic E-state index is 12.8. The molecule has 0 unspecified atom stereocenters. The first-order chi connectivity index (χ1) is 12.8. The Morgan fingerprint density at radius 1 is 1.11 bits per heavy atom. The first-order valence-electron chi connectivity index (χ1n) is 9.41. The van der Waals surface area contributed by atoms with E-state index in [0.717, 1.165) is 25.7 Å². The number of amides is 1. The smallest absolute Gasteiger partial charge is 0.326 e. The summed E-state index contributed by atoms with van der Waals surface area (Å²) in [5, 5.41) is 11.8. The van der Waals surface area contributed by atoms with Crippen LogP contribution in [0.1, 0.15) is 56.3 Å². The van der Waals surface area contributed by atoms with Crippen LogP contribution in [0.15, 0.2) is 29.2 Å². The lowest BCUT2D eigenvalue weighted by molar-refractivity contribution is -0.140. The fourth-order valence-corrected chi connectivity index (χ4v) is 4.63. The van der Waals surface area contributed by atoms with Crippen LogP contribution >= 0.6 is 0 Å². The van der Waals surface area contributed by atoms with Gasteiger partial charge in [0.05, 0.1) is 4.90 Å². The highest BCUT2D eigenvalue weighted by Gasteiger charge is 2.27. The molecule has 7 nitrogen and oxygen atoms in total. The number of nitrogens with one attached hydrogen (secondary N) is 1. The summed E-state index contributed by atoms with van der Waals surface area (Å²) in [6.45, 7) is 4.64. The Balaban J connectivity index is 2.13. The third kappa shape index (κ3) is 5.29. The number of carboxylic acids is 1. The normalized spacial score (nSPS) is 18.3. The second kappa shape index (κ2) is 9.32. The molecule has 0 aromatic heterocycles. The van der Waals surface area contributed by atoms with E-state index in [0.29, 0.717) is 19.5 Å². The number of carbonyl (C=O) groups excluding carboxylic acids is 1. The Hall–Kier alpha value is -1.93. The molecule has 0 spiro atoms. The lowest BCUT2D eigenvalue weighted by Crippen LogP contribution is -2.45. The van der Waals surface area contributed by atoms with Gasteiger partial charge in [-0.2, -0.15) is 4.31 Å². The van der Waals surface area contributed by atoms with Crippen molar-refractivity contribution in [2.24, 2.45) is 5.92 Å². The molecule has 2 N–H and O–H groups in total. The van der Waals surface area contributed by atoms with E-state index >= 15 is 0 Å². The first kappa shape index (κ1) is 21.4. The van der Waals surface area contributed by atoms with Gasteiger partial charge in [-0.15, -0.1) is 0 Å². The third-order valence-corrected chi connectivity index (χ3v) is 7.00. The molecule has 1 aliphatic rings. The Labute approximate surface area is 160 Å². The fraction of sp³-hybridized carbons (Fsp3) is 0.579. The predicted molar refractivity (Wildman–Crippen MR) is 102 cm³/mol. The second-order valence-corrected chi connectivity index (χ2v) is 8.96. The molecule has 0 saturated carbocycles. The standard InChI is InChI=1S/C19H28N2O5S/c1-3-14(2)17(19(23)24)20-18(22)15-8-10-16(11-9-15)27(25,26)21-12-6-4-5-7-13-21/h8-11,14,17H,3-7,12-13H2,1-2H3,(H,20,22)(H,23,24)/t14-,17-/m0/s1. The molecule has 8 heteroatoms. The zero-order chi connectivity index (χ0) is 20.0. The van der Waals surface area contributed by atoms with Gasteiger partial charge in [0.1, 0.15) is 6.04 Å². The second-order valence-electron chi connectivity index (χ2n) is 7.02. The van der Waals surface area contributed by atoms with Crippen molar-refractivity contribution in [2.75, 3.05) is 13.1 Å². The number of hydrogen-bond acceptors (Lipinski definition) is 4. The number of carboxylic acid groups (broad SMARTS) is 1. The van der Waals surface area contributed by atoms with Crippen LogP contribution < -0.4 is 5.32 Å². The molecule has 1 aromatic rings. The lowest BCUT2D eigenvalue weighted by atomic mass is 9.99. The number of sulfonamides is 1. The summed E-state index contributed by atoms with van der Waals surface area (Å²) >= 11 is 0. The van der Waals surface area contributed by atoms with E-state index in [1.165, 1.54) is 28.6 Å². The molecular weight excluding hydrogens is 368 g/mol. The van der Waals surface area contributed by atoms with Crippen molar-refractivity contribution in [2.45, 2.75) is 56.9 Å². The average molecular weight is 397 g/mol. The van der Waals surface area contributed by atoms with Gasteiger partial charge in [0.25, 0.3) is 5.91 Å². The highest BCUT2D eigenvalue weighted by molar-refractivity contribution is 7.89. The lowest BCUT2D eigenvalue weighted by Gasteiger charge is -2.21. The van der Waals surface area contributed by atoms with Crippen molar-refractivity contribution < 1.29 is 23.1 Å². The van der Waals surface area contributed by atoms with Gasteiger partial charge in [0.2, 0.25) is 10.0 Å². The van der Waals surface area contributed by atoms with Gasteiger partial charge in [-0.3, -0.25) is 4.79 Å². The summed E-state index contributed by atoms with van der Waals surface area (Å²) in [6, 6.07) is 4.69. The monoisotopic (exact) mass is 396 g/mol. The van der Waals surface area contributed by atoms with E-state index in [2.05, 4.69) is 5.32 Å². The van der Waals surface area contributed by atoms with E-state index in [4.69, 9.17) is 0 Å². The van der Waals surface area contributed by atoms with Crippen LogP contribution in [-0.4, -0.2) is 48.8 Å². The summed E-state index contributed by atoms with van der Waals surface area (Å²) in [5.74, 6) is -1.83. The van der Waals surface area contributed by atoms with Crippen molar-refractivity contribution in [3.8, 4) is 0 Å². The molecule has 0 bridgehead atoms. The van der Waals surface area contributed by atoms with Gasteiger partial charge in [0, 0.05) is 18.7 Å². The third-order valence-electron chi connectivity index (χ3n) is 5.08. The summed E-state index contributed by atoms with van der Waals surface area (Å²) in [7, 11) is -3.57. The number of carbonyl (C=O) groups is 2. The van der Waals surface area contributed by atoms with E-state index in [1.54, 1.807) is 6.92 Å². The summed E-state index contributed by atoms with van der Waals surface area (Å²) in [6.07, 6.45) is 4.39. The predicted octanol–water partition coefficient (Wildman–Crippen LogP) is 2.48. The number of rotatable bonds is 7. The maximum Gasteiger partial charge on any atom is 0.326 e. The molecule has 27 heavy (non-hydrogen) atoms. The molecule has 150 valence electrons. The highest BCUT2D eigenvalue weighted by atomic mass is 32.2. The van der Waals surface area contributed by atoms with Gasteiger partial charge in [-0.25, -0.2) is 13.2 Å². The van der Waals surface area contributed by atoms with Crippen LogP contribution in [0.2, 0.25) is 0 Å². The van der Waals surface area contributed by atoms with Crippen LogP contribution in [0.25, 0.3) is 0 Å². The molecular formula is C19H28N2O5S. The number of benzene rings is 1. The van der Waals surface area contributed by atoms with Gasteiger partial charge >= 0.3 is 5.97 Å². The maximum atomic E-state index is 12.8. The van der Waals surface area contributed by atoms with Crippen molar-refractivity contribution in [1.82, 2.24) is 9.62 Å². The van der Waals surface area contributed by atoms with Gasteiger partial charge < -0.3 is 10.4 Å². The van der Waals surface area contributed by atoms with Crippen molar-refractivity contribution in [3.63, 3.8) is 0 Å². The molecule has 1 fully saturated rings. The minimum Gasteiger partial charge on any atom is -0.480 e. The fourth-order valence-electron chi connectivity index (χ4n) is 3.12. The largest absolute Gasteiger partial charge is 0.480 e. The number of nitrogens with zero attached hydrogens (tertiary/aromatic N) is 1. The summed E-state index contributed by atoms with van der Waals surface area (Å²) in [5.41, 5.74) is 0.236. The summed E-state index contributed by atoms with van der Waals surface area (Å²) in [4.78, 5) is 23.9. The zero-order valence-corrected chi connectivity index (χ0v) is 16.7. The minimum atomic E-state index is -3.57. The molecule has 2 rings (SSSR count). The van der Waals surface area contributed by atoms with Gasteiger partial charge in [-0.05, 0) is 43.0 Å². The van der Waals surface area contributed by atoms with Crippen molar-refractivity contribution >= 4 is 21.9 Å². The molecule has 1 aromatic carbocycles. The molecule has 0 radical (unpaired) electrons. The molecule has 0 aliphatic carbocycles. The number of aliphatic carboxylic acids is 1. The minimum absolute atomic E-state index is 0.151. The topological polar surface area (TPSA) is 104 Å². The van der Waals surface area contributed by atoms with Crippen LogP contribution in [0, 0.1) is 5.92 Å². The zero-order valence-electron chi connectivity index (χ0n) is 15.8.